The normalized spacial score (nSPS) is 11.5. The van der Waals surface area contributed by atoms with Crippen LogP contribution in [0.2, 0.25) is 0 Å². The number of nitrogens with zero attached hydrogens (tertiary/aromatic N) is 5. The molecule has 4 rings (SSSR count). The van der Waals surface area contributed by atoms with Crippen molar-refractivity contribution in [3.8, 4) is 5.82 Å². The van der Waals surface area contributed by atoms with Gasteiger partial charge < -0.3 is 10.6 Å². The lowest BCUT2D eigenvalue weighted by Crippen LogP contribution is -2.14. The quantitative estimate of drug-likeness (QED) is 0.336. The Balaban J connectivity index is 1.50. The van der Waals surface area contributed by atoms with Gasteiger partial charge in [0.05, 0.1) is 28.5 Å². The fourth-order valence-corrected chi connectivity index (χ4v) is 3.09. The van der Waals surface area contributed by atoms with Crippen LogP contribution in [-0.2, 0) is 0 Å². The van der Waals surface area contributed by atoms with E-state index in [-0.39, 0.29) is 17.3 Å². The van der Waals surface area contributed by atoms with Crippen molar-refractivity contribution in [1.29, 1.82) is 0 Å². The second-order valence-corrected chi connectivity index (χ2v) is 6.92. The summed E-state index contributed by atoms with van der Waals surface area (Å²) in [5.41, 5.74) is 1.46. The summed E-state index contributed by atoms with van der Waals surface area (Å²) in [7, 11) is 0. The third-order valence-corrected chi connectivity index (χ3v) is 4.70. The fraction of sp³-hybridized carbons (Fsp3) is 0.0909. The molecule has 0 aliphatic rings. The zero-order chi connectivity index (χ0) is 22.5. The number of rotatable bonds is 7. The Kier molecular flexibility index (Phi) is 5.84. The van der Waals surface area contributed by atoms with Crippen LogP contribution >= 0.6 is 0 Å². The Morgan fingerprint density at radius 2 is 1.97 bits per heavy atom. The van der Waals surface area contributed by atoms with E-state index in [1.54, 1.807) is 47.5 Å². The van der Waals surface area contributed by atoms with Gasteiger partial charge in [0.15, 0.2) is 5.82 Å². The fourth-order valence-electron chi connectivity index (χ4n) is 3.09. The van der Waals surface area contributed by atoms with E-state index < -0.39 is 10.8 Å². The summed E-state index contributed by atoms with van der Waals surface area (Å²) >= 11 is 0. The van der Waals surface area contributed by atoms with Crippen molar-refractivity contribution in [2.75, 3.05) is 10.6 Å². The molecule has 32 heavy (non-hydrogen) atoms. The van der Waals surface area contributed by atoms with Gasteiger partial charge in [-0.2, -0.15) is 5.10 Å². The smallest absolute Gasteiger partial charge is 0.293 e. The molecule has 160 valence electrons. The molecule has 0 aliphatic carbocycles. The molecule has 10 nitrogen and oxygen atoms in total. The number of pyridine rings is 2. The van der Waals surface area contributed by atoms with E-state index in [0.29, 0.717) is 17.2 Å². The standard InChI is InChI=1S/C22H19N7O3/c1-15(18-5-2-3-10-23-18)26-19-8-6-16(13-20(19)29(31)32)22(30)27-17-7-9-21(24-14-17)28-12-4-11-25-28/h2-15,26H,1H3,(H,27,30). The van der Waals surface area contributed by atoms with Gasteiger partial charge in [0.25, 0.3) is 11.6 Å². The molecule has 3 aromatic heterocycles. The molecule has 0 saturated carbocycles. The number of benzene rings is 1. The van der Waals surface area contributed by atoms with E-state index in [1.807, 2.05) is 19.1 Å². The van der Waals surface area contributed by atoms with Gasteiger partial charge in [-0.25, -0.2) is 9.67 Å². The average molecular weight is 429 g/mol. The molecule has 4 aromatic rings. The van der Waals surface area contributed by atoms with Crippen LogP contribution in [0, 0.1) is 10.1 Å². The van der Waals surface area contributed by atoms with Gasteiger partial charge >= 0.3 is 0 Å². The zero-order valence-corrected chi connectivity index (χ0v) is 17.0. The second kappa shape index (κ2) is 9.04. The highest BCUT2D eigenvalue weighted by molar-refractivity contribution is 6.05. The van der Waals surface area contributed by atoms with E-state index in [0.717, 1.165) is 5.69 Å². The van der Waals surface area contributed by atoms with Crippen LogP contribution < -0.4 is 10.6 Å². The minimum Gasteiger partial charge on any atom is -0.371 e. The topological polar surface area (TPSA) is 128 Å². The van der Waals surface area contributed by atoms with Gasteiger partial charge in [-0.05, 0) is 49.4 Å². The number of aromatic nitrogens is 4. The lowest BCUT2D eigenvalue weighted by atomic mass is 10.1. The van der Waals surface area contributed by atoms with Crippen LogP contribution in [0.4, 0.5) is 17.1 Å². The average Bonchev–Trinajstić information content (AvgIpc) is 3.35. The summed E-state index contributed by atoms with van der Waals surface area (Å²) in [6.07, 6.45) is 6.55. The predicted octanol–water partition coefficient (Wildman–Crippen LogP) is 4.00. The third-order valence-electron chi connectivity index (χ3n) is 4.70. The molecule has 0 saturated heterocycles. The third kappa shape index (κ3) is 4.59. The van der Waals surface area contributed by atoms with Gasteiger partial charge in [0.2, 0.25) is 0 Å². The number of hydrogen-bond donors (Lipinski definition) is 2. The highest BCUT2D eigenvalue weighted by atomic mass is 16.6. The molecule has 0 radical (unpaired) electrons. The van der Waals surface area contributed by atoms with Crippen LogP contribution in [0.5, 0.6) is 0 Å². The number of nitro groups is 1. The monoisotopic (exact) mass is 429 g/mol. The Morgan fingerprint density at radius 3 is 2.62 bits per heavy atom. The molecular formula is C22H19N7O3. The lowest BCUT2D eigenvalue weighted by Gasteiger charge is -2.15. The maximum Gasteiger partial charge on any atom is 0.293 e. The highest BCUT2D eigenvalue weighted by Crippen LogP contribution is 2.29. The Morgan fingerprint density at radius 1 is 1.09 bits per heavy atom. The molecular weight excluding hydrogens is 410 g/mol. The van der Waals surface area contributed by atoms with E-state index in [1.165, 1.54) is 24.4 Å². The molecule has 0 bridgehead atoms. The van der Waals surface area contributed by atoms with Crippen molar-refractivity contribution in [3.05, 3.63) is 101 Å². The minimum atomic E-state index is -0.523. The lowest BCUT2D eigenvalue weighted by molar-refractivity contribution is -0.384. The summed E-state index contributed by atoms with van der Waals surface area (Å²) in [6.45, 7) is 1.85. The molecule has 3 heterocycles. The number of carbonyl (C=O) groups excluding carboxylic acids is 1. The number of carbonyl (C=O) groups is 1. The molecule has 10 heteroatoms. The first-order valence-electron chi connectivity index (χ1n) is 9.74. The van der Waals surface area contributed by atoms with Gasteiger partial charge in [-0.15, -0.1) is 0 Å². The molecule has 0 spiro atoms. The molecule has 1 unspecified atom stereocenters. The number of amides is 1. The largest absolute Gasteiger partial charge is 0.371 e. The van der Waals surface area contributed by atoms with E-state index in [2.05, 4.69) is 25.7 Å². The molecule has 0 fully saturated rings. The summed E-state index contributed by atoms with van der Waals surface area (Å²) in [5.74, 6) is 0.118. The van der Waals surface area contributed by atoms with Crippen LogP contribution in [-0.4, -0.2) is 30.6 Å². The van der Waals surface area contributed by atoms with Crippen LogP contribution in [0.3, 0.4) is 0 Å². The maximum atomic E-state index is 12.6. The number of nitro benzene ring substituents is 1. The molecule has 0 aliphatic heterocycles. The summed E-state index contributed by atoms with van der Waals surface area (Å²) in [5, 5.41) is 21.5. The maximum absolute atomic E-state index is 12.6. The first-order valence-corrected chi connectivity index (χ1v) is 9.74. The first-order chi connectivity index (χ1) is 15.5. The first kappa shape index (κ1) is 20.7. The van der Waals surface area contributed by atoms with Gasteiger partial charge in [0, 0.05) is 30.2 Å². The van der Waals surface area contributed by atoms with E-state index >= 15 is 0 Å². The summed E-state index contributed by atoms with van der Waals surface area (Å²) < 4.78 is 1.59. The Labute approximate surface area is 183 Å². The minimum absolute atomic E-state index is 0.156. The molecule has 1 aromatic carbocycles. The summed E-state index contributed by atoms with van der Waals surface area (Å²) in [6, 6.07) is 14.7. The Hall–Kier alpha value is -4.60. The van der Waals surface area contributed by atoms with Crippen LogP contribution in [0.15, 0.2) is 79.4 Å². The van der Waals surface area contributed by atoms with Gasteiger partial charge in [-0.3, -0.25) is 19.9 Å². The van der Waals surface area contributed by atoms with E-state index in [9.17, 15) is 14.9 Å². The second-order valence-electron chi connectivity index (χ2n) is 6.92. The predicted molar refractivity (Wildman–Crippen MR) is 119 cm³/mol. The molecule has 2 N–H and O–H groups in total. The van der Waals surface area contributed by atoms with Crippen molar-refractivity contribution in [1.82, 2.24) is 19.7 Å². The van der Waals surface area contributed by atoms with Crippen LogP contribution in [0.1, 0.15) is 29.0 Å². The number of nitrogens with one attached hydrogen (secondary N) is 2. The Bertz CT molecular complexity index is 1230. The number of anilines is 2. The molecule has 1 atom stereocenters. The van der Waals surface area contributed by atoms with Crippen LogP contribution in [0.25, 0.3) is 5.82 Å². The molecule has 1 amide bonds. The zero-order valence-electron chi connectivity index (χ0n) is 17.0. The van der Waals surface area contributed by atoms with Crippen molar-refractivity contribution in [3.63, 3.8) is 0 Å². The van der Waals surface area contributed by atoms with E-state index in [4.69, 9.17) is 0 Å². The van der Waals surface area contributed by atoms with Crippen molar-refractivity contribution >= 4 is 23.0 Å². The van der Waals surface area contributed by atoms with Gasteiger partial charge in [-0.1, -0.05) is 6.07 Å². The highest BCUT2D eigenvalue weighted by Gasteiger charge is 2.20. The summed E-state index contributed by atoms with van der Waals surface area (Å²) in [4.78, 5) is 32.3. The van der Waals surface area contributed by atoms with Crippen molar-refractivity contribution < 1.29 is 9.72 Å². The van der Waals surface area contributed by atoms with Crippen molar-refractivity contribution in [2.24, 2.45) is 0 Å². The van der Waals surface area contributed by atoms with Crippen molar-refractivity contribution in [2.45, 2.75) is 13.0 Å². The van der Waals surface area contributed by atoms with Gasteiger partial charge in [0.1, 0.15) is 5.69 Å². The number of hydrogen-bond acceptors (Lipinski definition) is 7. The SMILES string of the molecule is CC(Nc1ccc(C(=O)Nc2ccc(-n3cccn3)nc2)cc1[N+](=O)[O-])c1ccccn1.